The van der Waals surface area contributed by atoms with E-state index < -0.39 is 17.6 Å². The van der Waals surface area contributed by atoms with Gasteiger partial charge in [-0.25, -0.2) is 14.5 Å². The Morgan fingerprint density at radius 2 is 2.04 bits per heavy atom. The van der Waals surface area contributed by atoms with Gasteiger partial charge in [-0.3, -0.25) is 9.36 Å². The van der Waals surface area contributed by atoms with Gasteiger partial charge >= 0.3 is 5.97 Å². The summed E-state index contributed by atoms with van der Waals surface area (Å²) < 4.78 is 7.55. The number of ether oxygens (including phenoxy) is 1. The van der Waals surface area contributed by atoms with Crippen molar-refractivity contribution in [1.82, 2.24) is 24.5 Å². The van der Waals surface area contributed by atoms with E-state index in [1.165, 1.54) is 18.0 Å². The first-order valence-corrected chi connectivity index (χ1v) is 7.57. The summed E-state index contributed by atoms with van der Waals surface area (Å²) in [4.78, 5) is 28.7. The summed E-state index contributed by atoms with van der Waals surface area (Å²) in [5.41, 5.74) is 1.14. The number of methoxy groups -OCH3 is 1. The number of aromatic nitrogens is 5. The van der Waals surface area contributed by atoms with Crippen LogP contribution < -0.4 is 5.56 Å². The van der Waals surface area contributed by atoms with Crippen LogP contribution in [0.5, 0.6) is 0 Å². The fourth-order valence-corrected chi connectivity index (χ4v) is 2.56. The maximum atomic E-state index is 12.6. The molecule has 2 heterocycles. The zero-order valence-corrected chi connectivity index (χ0v) is 13.4. The molecule has 3 rings (SSSR count). The standard InChI is InChI=1S/C16H17N5O3/c1-3-12(16(23)24-2)20-10-17-14-13(15(20)22)18-19-21(14)9-11-7-5-4-6-8-11/h4-8,10,12H,3,9H2,1-2H3/t12-/m0/s1. The van der Waals surface area contributed by atoms with Gasteiger partial charge in [0.1, 0.15) is 12.4 Å². The van der Waals surface area contributed by atoms with Crippen LogP contribution in [0.4, 0.5) is 0 Å². The van der Waals surface area contributed by atoms with Crippen molar-refractivity contribution in [1.29, 1.82) is 0 Å². The molecular formula is C16H17N5O3. The minimum atomic E-state index is -0.723. The first-order valence-electron chi connectivity index (χ1n) is 7.57. The first-order chi connectivity index (χ1) is 11.7. The van der Waals surface area contributed by atoms with Crippen molar-refractivity contribution in [2.45, 2.75) is 25.9 Å². The van der Waals surface area contributed by atoms with Gasteiger partial charge in [-0.05, 0) is 12.0 Å². The van der Waals surface area contributed by atoms with Crippen LogP contribution in [-0.4, -0.2) is 37.6 Å². The molecule has 1 aromatic carbocycles. The molecule has 0 aliphatic carbocycles. The molecule has 0 aliphatic heterocycles. The van der Waals surface area contributed by atoms with Crippen LogP contribution in [0.25, 0.3) is 11.2 Å². The molecule has 3 aromatic rings. The van der Waals surface area contributed by atoms with Gasteiger partial charge in [-0.1, -0.05) is 42.5 Å². The molecule has 8 heteroatoms. The van der Waals surface area contributed by atoms with Crippen molar-refractivity contribution in [2.75, 3.05) is 7.11 Å². The third kappa shape index (κ3) is 2.78. The zero-order valence-electron chi connectivity index (χ0n) is 13.4. The van der Waals surface area contributed by atoms with Crippen LogP contribution in [0.15, 0.2) is 41.5 Å². The lowest BCUT2D eigenvalue weighted by atomic mass is 10.2. The number of hydrogen-bond donors (Lipinski definition) is 0. The van der Waals surface area contributed by atoms with E-state index in [1.807, 2.05) is 30.3 Å². The van der Waals surface area contributed by atoms with E-state index in [9.17, 15) is 9.59 Å². The largest absolute Gasteiger partial charge is 0.467 e. The number of nitrogens with zero attached hydrogens (tertiary/aromatic N) is 5. The van der Waals surface area contributed by atoms with E-state index >= 15 is 0 Å². The normalized spacial score (nSPS) is 12.2. The SMILES string of the molecule is CC[C@@H](C(=O)OC)n1cnc2c(nnn2Cc2ccccc2)c1=O. The molecule has 2 aromatic heterocycles. The van der Waals surface area contributed by atoms with E-state index in [0.29, 0.717) is 18.6 Å². The van der Waals surface area contributed by atoms with E-state index in [0.717, 1.165) is 5.56 Å². The number of benzene rings is 1. The van der Waals surface area contributed by atoms with Crippen molar-refractivity contribution >= 4 is 17.1 Å². The van der Waals surface area contributed by atoms with Crippen LogP contribution in [0, 0.1) is 0 Å². The third-order valence-electron chi connectivity index (χ3n) is 3.82. The first kappa shape index (κ1) is 15.9. The summed E-state index contributed by atoms with van der Waals surface area (Å²) >= 11 is 0. The highest BCUT2D eigenvalue weighted by Crippen LogP contribution is 2.13. The number of carbonyl (C=O) groups is 1. The Balaban J connectivity index is 2.02. The van der Waals surface area contributed by atoms with Crippen molar-refractivity contribution in [2.24, 2.45) is 0 Å². The molecule has 0 fully saturated rings. The van der Waals surface area contributed by atoms with Crippen LogP contribution in [-0.2, 0) is 16.1 Å². The molecule has 0 amide bonds. The third-order valence-corrected chi connectivity index (χ3v) is 3.82. The van der Waals surface area contributed by atoms with Gasteiger partial charge in [0.2, 0.25) is 0 Å². The van der Waals surface area contributed by atoms with Crippen molar-refractivity contribution in [3.8, 4) is 0 Å². The Morgan fingerprint density at radius 1 is 1.29 bits per heavy atom. The Bertz CT molecular complexity index is 916. The lowest BCUT2D eigenvalue weighted by molar-refractivity contribution is -0.144. The molecule has 0 radical (unpaired) electrons. The summed E-state index contributed by atoms with van der Waals surface area (Å²) in [6.45, 7) is 2.26. The fraction of sp³-hybridized carbons (Fsp3) is 0.312. The van der Waals surface area contributed by atoms with Crippen molar-refractivity contribution in [3.05, 3.63) is 52.6 Å². The van der Waals surface area contributed by atoms with Gasteiger partial charge in [0.15, 0.2) is 11.2 Å². The molecule has 0 spiro atoms. The van der Waals surface area contributed by atoms with Crippen molar-refractivity contribution < 1.29 is 9.53 Å². The Labute approximate surface area is 137 Å². The molecular weight excluding hydrogens is 310 g/mol. The van der Waals surface area contributed by atoms with Gasteiger partial charge in [0, 0.05) is 0 Å². The number of esters is 1. The number of hydrogen-bond acceptors (Lipinski definition) is 6. The summed E-state index contributed by atoms with van der Waals surface area (Å²) in [7, 11) is 1.29. The van der Waals surface area contributed by atoms with E-state index in [1.54, 1.807) is 11.6 Å². The maximum Gasteiger partial charge on any atom is 0.329 e. The summed E-state index contributed by atoms with van der Waals surface area (Å²) in [6.07, 6.45) is 1.76. The molecule has 0 bridgehead atoms. The van der Waals surface area contributed by atoms with Gasteiger partial charge in [0.25, 0.3) is 5.56 Å². The highest BCUT2D eigenvalue weighted by atomic mass is 16.5. The molecule has 0 unspecified atom stereocenters. The Morgan fingerprint density at radius 3 is 2.71 bits per heavy atom. The van der Waals surface area contributed by atoms with Crippen LogP contribution >= 0.6 is 0 Å². The molecule has 0 aliphatic rings. The minimum Gasteiger partial charge on any atom is -0.467 e. The highest BCUT2D eigenvalue weighted by molar-refractivity contribution is 5.75. The van der Waals surface area contributed by atoms with E-state index in [2.05, 4.69) is 15.3 Å². The monoisotopic (exact) mass is 327 g/mol. The second-order valence-electron chi connectivity index (χ2n) is 5.31. The summed E-state index contributed by atoms with van der Waals surface area (Å²) in [5.74, 6) is -0.488. The number of carbonyl (C=O) groups excluding carboxylic acids is 1. The Kier molecular flexibility index (Phi) is 4.37. The maximum absolute atomic E-state index is 12.6. The molecule has 0 saturated heterocycles. The minimum absolute atomic E-state index is 0.135. The number of rotatable bonds is 5. The molecule has 8 nitrogen and oxygen atoms in total. The van der Waals surface area contributed by atoms with Crippen molar-refractivity contribution in [3.63, 3.8) is 0 Å². The highest BCUT2D eigenvalue weighted by Gasteiger charge is 2.23. The van der Waals surface area contributed by atoms with Crippen LogP contribution in [0.1, 0.15) is 24.9 Å². The summed E-state index contributed by atoms with van der Waals surface area (Å²) in [5, 5.41) is 7.96. The summed E-state index contributed by atoms with van der Waals surface area (Å²) in [6, 6.07) is 8.97. The van der Waals surface area contributed by atoms with Gasteiger partial charge in [-0.2, -0.15) is 0 Å². The van der Waals surface area contributed by atoms with E-state index in [4.69, 9.17) is 4.74 Å². The molecule has 24 heavy (non-hydrogen) atoms. The average molecular weight is 327 g/mol. The predicted molar refractivity (Wildman–Crippen MR) is 86.5 cm³/mol. The molecule has 0 N–H and O–H groups in total. The fourth-order valence-electron chi connectivity index (χ4n) is 2.56. The second kappa shape index (κ2) is 6.61. The molecule has 0 saturated carbocycles. The van der Waals surface area contributed by atoms with Gasteiger partial charge in [0.05, 0.1) is 13.7 Å². The predicted octanol–water partition coefficient (Wildman–Crippen LogP) is 1.16. The smallest absolute Gasteiger partial charge is 0.329 e. The van der Waals surface area contributed by atoms with Crippen LogP contribution in [0.3, 0.4) is 0 Å². The lowest BCUT2D eigenvalue weighted by Crippen LogP contribution is -2.30. The Hall–Kier alpha value is -3.03. The van der Waals surface area contributed by atoms with Gasteiger partial charge < -0.3 is 4.74 Å². The molecule has 124 valence electrons. The van der Waals surface area contributed by atoms with Crippen LogP contribution in [0.2, 0.25) is 0 Å². The zero-order chi connectivity index (χ0) is 17.1. The lowest BCUT2D eigenvalue weighted by Gasteiger charge is -2.14. The second-order valence-corrected chi connectivity index (χ2v) is 5.31. The number of fused-ring (bicyclic) bond motifs is 1. The molecule has 1 atom stereocenters. The topological polar surface area (TPSA) is 91.9 Å². The van der Waals surface area contributed by atoms with Gasteiger partial charge in [-0.15, -0.1) is 5.10 Å². The quantitative estimate of drug-likeness (QED) is 0.653. The average Bonchev–Trinajstić information content (AvgIpc) is 3.02. The van der Waals surface area contributed by atoms with E-state index in [-0.39, 0.29) is 5.52 Å².